The molecule has 0 bridgehead atoms. The van der Waals surface area contributed by atoms with E-state index in [2.05, 4.69) is 20.2 Å². The van der Waals surface area contributed by atoms with E-state index in [0.29, 0.717) is 42.8 Å². The van der Waals surface area contributed by atoms with Crippen LogP contribution in [0.3, 0.4) is 0 Å². The summed E-state index contributed by atoms with van der Waals surface area (Å²) in [4.78, 5) is 33.5. The second-order valence-corrected chi connectivity index (χ2v) is 12.5. The highest BCUT2D eigenvalue weighted by atomic mass is 32.2. The molecule has 1 amide bonds. The predicted molar refractivity (Wildman–Crippen MR) is 127 cm³/mol. The maximum absolute atomic E-state index is 12.5. The number of ether oxygens (including phenoxy) is 1. The normalized spacial score (nSPS) is 15.8. The Balaban J connectivity index is 1.57. The van der Waals surface area contributed by atoms with Gasteiger partial charge in [0.2, 0.25) is 0 Å². The predicted octanol–water partition coefficient (Wildman–Crippen LogP) is 2.51. The molecule has 13 heteroatoms. The van der Waals surface area contributed by atoms with Crippen molar-refractivity contribution in [1.29, 1.82) is 0 Å². The number of piperidine rings is 1. The first-order valence-electron chi connectivity index (χ1n) is 11.5. The van der Waals surface area contributed by atoms with Gasteiger partial charge in [0, 0.05) is 25.1 Å². The van der Waals surface area contributed by atoms with Gasteiger partial charge < -0.3 is 19.1 Å². The second kappa shape index (κ2) is 9.10. The lowest BCUT2D eigenvalue weighted by molar-refractivity contribution is 0.0203. The van der Waals surface area contributed by atoms with Crippen LogP contribution in [0.2, 0.25) is 0 Å². The number of amides is 1. The Morgan fingerprint density at radius 1 is 1.29 bits per heavy atom. The molecule has 1 aliphatic rings. The molecule has 1 aliphatic heterocycles. The van der Waals surface area contributed by atoms with Crippen LogP contribution in [0.15, 0.2) is 21.6 Å². The number of sulfone groups is 1. The molecule has 1 N–H and O–H groups in total. The van der Waals surface area contributed by atoms with Crippen molar-refractivity contribution < 1.29 is 22.5 Å². The van der Waals surface area contributed by atoms with E-state index in [4.69, 9.17) is 9.26 Å². The number of nitrogens with zero attached hydrogens (tertiary/aromatic N) is 5. The quantitative estimate of drug-likeness (QED) is 0.550. The van der Waals surface area contributed by atoms with E-state index in [1.807, 2.05) is 20.8 Å². The molecule has 0 aliphatic carbocycles. The number of aromatic amines is 1. The summed E-state index contributed by atoms with van der Waals surface area (Å²) in [7, 11) is -3.40. The Labute approximate surface area is 202 Å². The van der Waals surface area contributed by atoms with Crippen LogP contribution in [0.25, 0.3) is 17.1 Å². The standard InChI is InChI=1S/C22H30N6O6S/c1-13(2)35(31,32)12-17-24-20(34-26-17)15-11-23-28-16(10-18(29)25-19(15)28)14-6-8-27(9-7-14)21(30)33-22(3,4)5/h10-11,13-14H,6-9,12H2,1-5H3,(H,25,29). The molecule has 12 nitrogen and oxygen atoms in total. The van der Waals surface area contributed by atoms with Crippen molar-refractivity contribution >= 4 is 21.6 Å². The summed E-state index contributed by atoms with van der Waals surface area (Å²) >= 11 is 0. The van der Waals surface area contributed by atoms with E-state index in [-0.39, 0.29) is 35.0 Å². The van der Waals surface area contributed by atoms with E-state index in [1.165, 1.54) is 12.3 Å². The van der Waals surface area contributed by atoms with Gasteiger partial charge in [-0.1, -0.05) is 5.16 Å². The summed E-state index contributed by atoms with van der Waals surface area (Å²) in [6.07, 6.45) is 2.44. The molecule has 0 atom stereocenters. The molecule has 0 radical (unpaired) electrons. The third kappa shape index (κ3) is 5.39. The minimum absolute atomic E-state index is 0.000618. The highest BCUT2D eigenvalue weighted by Gasteiger charge is 2.30. The molecule has 1 fully saturated rings. The van der Waals surface area contributed by atoms with Crippen LogP contribution < -0.4 is 5.56 Å². The third-order valence-electron chi connectivity index (χ3n) is 5.85. The molecular formula is C22H30N6O6S. The fourth-order valence-corrected chi connectivity index (χ4v) is 4.72. The molecule has 0 spiro atoms. The van der Waals surface area contributed by atoms with Crippen LogP contribution in [-0.4, -0.2) is 68.1 Å². The van der Waals surface area contributed by atoms with Gasteiger partial charge >= 0.3 is 6.09 Å². The molecular weight excluding hydrogens is 476 g/mol. The highest BCUT2D eigenvalue weighted by molar-refractivity contribution is 7.91. The fraction of sp³-hybridized carbons (Fsp3) is 0.591. The zero-order chi connectivity index (χ0) is 25.5. The molecule has 0 unspecified atom stereocenters. The fourth-order valence-electron chi connectivity index (χ4n) is 3.91. The molecule has 190 valence electrons. The van der Waals surface area contributed by atoms with Gasteiger partial charge in [-0.2, -0.15) is 10.1 Å². The Hall–Kier alpha value is -3.22. The summed E-state index contributed by atoms with van der Waals surface area (Å²) < 4.78 is 36.7. The summed E-state index contributed by atoms with van der Waals surface area (Å²) in [5.41, 5.74) is 0.609. The van der Waals surface area contributed by atoms with E-state index < -0.39 is 20.7 Å². The van der Waals surface area contributed by atoms with Gasteiger partial charge in [-0.15, -0.1) is 0 Å². The van der Waals surface area contributed by atoms with Crippen LogP contribution in [0.4, 0.5) is 4.79 Å². The van der Waals surface area contributed by atoms with Crippen molar-refractivity contribution in [3.05, 3.63) is 34.1 Å². The van der Waals surface area contributed by atoms with Gasteiger partial charge in [0.15, 0.2) is 15.7 Å². The van der Waals surface area contributed by atoms with Crippen molar-refractivity contribution in [3.8, 4) is 11.5 Å². The lowest BCUT2D eigenvalue weighted by Gasteiger charge is -2.33. The Morgan fingerprint density at radius 2 is 1.97 bits per heavy atom. The lowest BCUT2D eigenvalue weighted by atomic mass is 9.93. The van der Waals surface area contributed by atoms with Gasteiger partial charge in [0.25, 0.3) is 11.4 Å². The Kier molecular flexibility index (Phi) is 6.47. The second-order valence-electron chi connectivity index (χ2n) is 9.99. The Morgan fingerprint density at radius 3 is 2.60 bits per heavy atom. The number of rotatable bonds is 5. The van der Waals surface area contributed by atoms with Crippen LogP contribution in [-0.2, 0) is 20.3 Å². The minimum Gasteiger partial charge on any atom is -0.444 e. The van der Waals surface area contributed by atoms with Crippen molar-refractivity contribution in [2.24, 2.45) is 0 Å². The molecule has 0 aromatic carbocycles. The number of nitrogens with one attached hydrogen (secondary N) is 1. The van der Waals surface area contributed by atoms with Crippen LogP contribution in [0, 0.1) is 0 Å². The smallest absolute Gasteiger partial charge is 0.410 e. The number of hydrogen-bond acceptors (Lipinski definition) is 9. The Bertz CT molecular complexity index is 1390. The number of likely N-dealkylation sites (tertiary alicyclic amines) is 1. The average molecular weight is 507 g/mol. The molecule has 0 saturated carbocycles. The van der Waals surface area contributed by atoms with Crippen molar-refractivity contribution in [2.75, 3.05) is 13.1 Å². The molecule has 1 saturated heterocycles. The third-order valence-corrected chi connectivity index (χ3v) is 7.94. The van der Waals surface area contributed by atoms with Gasteiger partial charge in [0.05, 0.1) is 17.1 Å². The van der Waals surface area contributed by atoms with Gasteiger partial charge in [-0.3, -0.25) is 4.79 Å². The van der Waals surface area contributed by atoms with E-state index >= 15 is 0 Å². The molecule has 3 aromatic rings. The first-order valence-corrected chi connectivity index (χ1v) is 13.2. The maximum atomic E-state index is 12.5. The van der Waals surface area contributed by atoms with Gasteiger partial charge in [-0.05, 0) is 47.5 Å². The molecule has 4 heterocycles. The largest absolute Gasteiger partial charge is 0.444 e. The van der Waals surface area contributed by atoms with Gasteiger partial charge in [-0.25, -0.2) is 17.7 Å². The van der Waals surface area contributed by atoms with Crippen LogP contribution >= 0.6 is 0 Å². The summed E-state index contributed by atoms with van der Waals surface area (Å²) in [6.45, 7) is 9.66. The number of H-pyrrole nitrogens is 1. The van der Waals surface area contributed by atoms with Crippen LogP contribution in [0.1, 0.15) is 64.9 Å². The molecule has 3 aromatic heterocycles. The topological polar surface area (TPSA) is 153 Å². The summed E-state index contributed by atoms with van der Waals surface area (Å²) in [6, 6.07) is 1.51. The minimum atomic E-state index is -3.40. The molecule has 4 rings (SSSR count). The highest BCUT2D eigenvalue weighted by Crippen LogP contribution is 2.30. The number of fused-ring (bicyclic) bond motifs is 1. The van der Waals surface area contributed by atoms with E-state index in [1.54, 1.807) is 23.3 Å². The number of carbonyl (C=O) groups excluding carboxylic acids is 1. The molecule has 35 heavy (non-hydrogen) atoms. The zero-order valence-electron chi connectivity index (χ0n) is 20.4. The summed E-state index contributed by atoms with van der Waals surface area (Å²) in [5, 5.41) is 7.64. The number of hydrogen-bond donors (Lipinski definition) is 1. The monoisotopic (exact) mass is 506 g/mol. The summed E-state index contributed by atoms with van der Waals surface area (Å²) in [5.74, 6) is -0.228. The van der Waals surface area contributed by atoms with E-state index in [9.17, 15) is 18.0 Å². The average Bonchev–Trinajstić information content (AvgIpc) is 3.38. The number of carbonyl (C=O) groups is 1. The number of aromatic nitrogens is 5. The van der Waals surface area contributed by atoms with Crippen molar-refractivity contribution in [3.63, 3.8) is 0 Å². The zero-order valence-corrected chi connectivity index (χ0v) is 21.3. The first-order chi connectivity index (χ1) is 16.3. The first kappa shape index (κ1) is 24.9. The maximum Gasteiger partial charge on any atom is 0.410 e. The van der Waals surface area contributed by atoms with E-state index in [0.717, 1.165) is 0 Å². The van der Waals surface area contributed by atoms with Crippen molar-refractivity contribution in [1.82, 2.24) is 29.6 Å². The lowest BCUT2D eigenvalue weighted by Crippen LogP contribution is -2.41. The van der Waals surface area contributed by atoms with Crippen LogP contribution in [0.5, 0.6) is 0 Å². The van der Waals surface area contributed by atoms with Gasteiger partial charge in [0.1, 0.15) is 22.6 Å². The van der Waals surface area contributed by atoms with Crippen molar-refractivity contribution in [2.45, 2.75) is 70.0 Å². The SMILES string of the molecule is CC(C)S(=O)(=O)Cc1noc(-c2cnn3c(C4CCN(C(=O)OC(C)(C)C)CC4)cc(=O)[nH]c23)n1.